The first kappa shape index (κ1) is 27.4. The van der Waals surface area contributed by atoms with Crippen molar-refractivity contribution in [3.8, 4) is 0 Å². The molecule has 1 saturated heterocycles. The Hall–Kier alpha value is -3.68. The molecule has 19 heteroatoms. The first-order chi connectivity index (χ1) is 18.0. The van der Waals surface area contributed by atoms with Gasteiger partial charge < -0.3 is 25.7 Å². The number of ether oxygens (including phenoxy) is 1. The zero-order chi connectivity index (χ0) is 27.8. The van der Waals surface area contributed by atoms with Gasteiger partial charge in [-0.15, -0.1) is 28.2 Å². The Kier molecular flexibility index (Phi) is 7.63. The molecule has 202 valence electrons. The highest BCUT2D eigenvalue weighted by molar-refractivity contribution is 8.01. The zero-order valence-corrected chi connectivity index (χ0v) is 22.4. The first-order valence-electron chi connectivity index (χ1n) is 10.4. The Balaban J connectivity index is 1.59. The molecule has 16 nitrogen and oxygen atoms in total. The topological polar surface area (TPSA) is 224 Å². The molecule has 1 unspecified atom stereocenters. The third-order valence-corrected chi connectivity index (χ3v) is 8.67. The van der Waals surface area contributed by atoms with Crippen molar-refractivity contribution in [1.29, 1.82) is 0 Å². The highest BCUT2D eigenvalue weighted by atomic mass is 32.2. The number of oxime groups is 1. The van der Waals surface area contributed by atoms with Crippen LogP contribution in [0.5, 0.6) is 0 Å². The molecule has 2 amide bonds. The predicted molar refractivity (Wildman–Crippen MR) is 137 cm³/mol. The Labute approximate surface area is 225 Å². The number of carbonyl (C=O) groups is 3. The minimum absolute atomic E-state index is 0.0552. The molecule has 0 saturated carbocycles. The number of hydrogen-bond donors (Lipinski definition) is 4. The number of H-pyrrole nitrogens is 1. The number of carboxylic acids is 1. The fourth-order valence-corrected chi connectivity index (χ4v) is 6.76. The van der Waals surface area contributed by atoms with E-state index in [0.29, 0.717) is 5.57 Å². The van der Waals surface area contributed by atoms with Crippen LogP contribution in [0, 0.1) is 0 Å². The predicted octanol–water partition coefficient (Wildman–Crippen LogP) is -1.64. The van der Waals surface area contributed by atoms with Crippen molar-refractivity contribution in [2.24, 2.45) is 12.2 Å². The summed E-state index contributed by atoms with van der Waals surface area (Å²) in [6.45, 7) is 0. The lowest BCUT2D eigenvalue weighted by molar-refractivity contribution is -0.191. The molecular formula is C19H20N8O8S3. The Morgan fingerprint density at radius 1 is 1.39 bits per heavy atom. The number of fused-ring (bicyclic) bond motifs is 1. The van der Waals surface area contributed by atoms with Crippen molar-refractivity contribution >= 4 is 63.5 Å². The van der Waals surface area contributed by atoms with E-state index in [0.717, 1.165) is 32.6 Å². The summed E-state index contributed by atoms with van der Waals surface area (Å²) >= 11 is 3.26. The molecule has 4 rings (SSSR count). The minimum atomic E-state index is -1.89. The molecule has 0 aliphatic carbocycles. The first-order valence-corrected chi connectivity index (χ1v) is 13.4. The van der Waals surface area contributed by atoms with E-state index in [9.17, 15) is 29.1 Å². The van der Waals surface area contributed by atoms with E-state index < -0.39 is 40.0 Å². The molecular weight excluding hydrogens is 564 g/mol. The van der Waals surface area contributed by atoms with E-state index in [2.05, 4.69) is 25.7 Å². The summed E-state index contributed by atoms with van der Waals surface area (Å²) in [6.07, 6.45) is 0. The van der Waals surface area contributed by atoms with Crippen molar-refractivity contribution in [2.75, 3.05) is 31.5 Å². The number of nitrogens with one attached hydrogen (secondary N) is 2. The van der Waals surface area contributed by atoms with Crippen LogP contribution >= 0.6 is 34.9 Å². The van der Waals surface area contributed by atoms with Gasteiger partial charge in [0.1, 0.15) is 23.9 Å². The molecule has 2 aliphatic rings. The number of β-lactam (4-membered cyclic amide) rings is 1. The van der Waals surface area contributed by atoms with E-state index in [1.165, 1.54) is 38.4 Å². The number of hydrogen-bond acceptors (Lipinski definition) is 14. The Morgan fingerprint density at radius 3 is 2.74 bits per heavy atom. The lowest BCUT2D eigenvalue weighted by Crippen LogP contribution is -2.81. The number of amides is 2. The standard InChI is InChI=1S/C19H20N8O8S3/c1-26-13(30)12(29)23-24-18(26)38-5-7-4-36-16-19(34-2,15(33)27(16)10(7)14(31)32)22-11(28)9(25-35-3)8-6-37-17(20)21-8/h6,16H,4-5H2,1-3H3,(H2,20,21)(H,22,28)(H,23,29)(H,31,32)/t16-,19?/m0/s1. The Morgan fingerprint density at radius 2 is 2.13 bits per heavy atom. The third-order valence-electron chi connectivity index (χ3n) is 5.51. The SMILES string of the molecule is CON=C(C(=O)NC1(OC)C(=O)N2C(C(=O)O)=C(CSc3n[nH]c(=O)c(=O)n3C)CS[C@H]21)c1csc(N)n1. The largest absolute Gasteiger partial charge is 0.477 e. The van der Waals surface area contributed by atoms with E-state index in [-0.39, 0.29) is 38.9 Å². The molecule has 38 heavy (non-hydrogen) atoms. The lowest BCUT2D eigenvalue weighted by Gasteiger charge is -2.55. The molecule has 5 N–H and O–H groups in total. The quantitative estimate of drug-likeness (QED) is 0.0649. The number of methoxy groups -OCH3 is 1. The van der Waals surface area contributed by atoms with Crippen LogP contribution in [0.1, 0.15) is 5.69 Å². The van der Waals surface area contributed by atoms with Gasteiger partial charge in [0.2, 0.25) is 0 Å². The van der Waals surface area contributed by atoms with Crippen molar-refractivity contribution in [3.63, 3.8) is 0 Å². The van der Waals surface area contributed by atoms with E-state index in [1.807, 2.05) is 0 Å². The van der Waals surface area contributed by atoms with Crippen molar-refractivity contribution in [3.05, 3.63) is 43.1 Å². The second kappa shape index (κ2) is 10.6. The zero-order valence-electron chi connectivity index (χ0n) is 19.9. The second-order valence-corrected chi connectivity index (χ2v) is 10.6. The number of aromatic nitrogens is 4. The average Bonchev–Trinajstić information content (AvgIpc) is 3.33. The van der Waals surface area contributed by atoms with Crippen molar-refractivity contribution in [1.82, 2.24) is 30.0 Å². The second-order valence-electron chi connectivity index (χ2n) is 7.67. The van der Waals surface area contributed by atoms with Crippen LogP contribution in [0.2, 0.25) is 0 Å². The smallest absolute Gasteiger partial charge is 0.352 e. The summed E-state index contributed by atoms with van der Waals surface area (Å²) in [7, 11) is 3.80. The number of anilines is 1. The summed E-state index contributed by atoms with van der Waals surface area (Å²) in [5.74, 6) is -2.81. The number of aromatic amines is 1. The number of nitrogens with two attached hydrogens (primary N) is 1. The van der Waals surface area contributed by atoms with Gasteiger partial charge in [-0.05, 0) is 5.57 Å². The number of carbonyl (C=O) groups excluding carboxylic acids is 2. The number of rotatable bonds is 9. The van der Waals surface area contributed by atoms with Crippen molar-refractivity contribution in [2.45, 2.75) is 16.3 Å². The number of thioether (sulfide) groups is 2. The molecule has 1 fully saturated rings. The highest BCUT2D eigenvalue weighted by Gasteiger charge is 2.66. The van der Waals surface area contributed by atoms with Crippen LogP contribution in [0.4, 0.5) is 5.13 Å². The number of carboxylic acid groups (broad SMARTS) is 1. The minimum Gasteiger partial charge on any atom is -0.477 e. The highest BCUT2D eigenvalue weighted by Crippen LogP contribution is 2.47. The van der Waals surface area contributed by atoms with Crippen LogP contribution in [0.3, 0.4) is 0 Å². The maximum atomic E-state index is 13.3. The monoisotopic (exact) mass is 584 g/mol. The van der Waals surface area contributed by atoms with E-state index >= 15 is 0 Å². The van der Waals surface area contributed by atoms with E-state index in [4.69, 9.17) is 15.3 Å². The fourth-order valence-electron chi connectivity index (χ4n) is 3.72. The average molecular weight is 585 g/mol. The summed E-state index contributed by atoms with van der Waals surface area (Å²) in [5, 5.41) is 22.9. The van der Waals surface area contributed by atoms with Gasteiger partial charge in [0, 0.05) is 31.0 Å². The van der Waals surface area contributed by atoms with Gasteiger partial charge in [-0.3, -0.25) is 28.6 Å². The van der Waals surface area contributed by atoms with Gasteiger partial charge in [0.25, 0.3) is 17.5 Å². The van der Waals surface area contributed by atoms with Gasteiger partial charge in [-0.2, -0.15) is 0 Å². The van der Waals surface area contributed by atoms with Gasteiger partial charge >= 0.3 is 17.1 Å². The molecule has 0 bridgehead atoms. The van der Waals surface area contributed by atoms with Gasteiger partial charge in [-0.1, -0.05) is 16.9 Å². The van der Waals surface area contributed by atoms with Crippen LogP contribution < -0.4 is 22.2 Å². The van der Waals surface area contributed by atoms with Crippen LogP contribution in [0.15, 0.2) is 36.6 Å². The van der Waals surface area contributed by atoms with Gasteiger partial charge in [-0.25, -0.2) is 14.9 Å². The molecule has 2 aliphatic heterocycles. The van der Waals surface area contributed by atoms with Crippen molar-refractivity contribution < 1.29 is 29.1 Å². The maximum Gasteiger partial charge on any atom is 0.352 e. The lowest BCUT2D eigenvalue weighted by atomic mass is 9.98. The molecule has 0 spiro atoms. The molecule has 4 heterocycles. The fraction of sp³-hybridized carbons (Fsp3) is 0.368. The molecule has 2 aromatic heterocycles. The third kappa shape index (κ3) is 4.57. The maximum absolute atomic E-state index is 13.3. The molecule has 2 atom stereocenters. The number of nitrogens with zero attached hydrogens (tertiary/aromatic N) is 5. The van der Waals surface area contributed by atoms with Crippen LogP contribution in [-0.2, 0) is 31.0 Å². The number of nitrogen functional groups attached to an aromatic ring is 1. The van der Waals surface area contributed by atoms with Crippen LogP contribution in [0.25, 0.3) is 0 Å². The summed E-state index contributed by atoms with van der Waals surface area (Å²) in [5.41, 5.74) is 2.01. The molecule has 2 aromatic rings. The summed E-state index contributed by atoms with van der Waals surface area (Å²) in [4.78, 5) is 71.7. The van der Waals surface area contributed by atoms with Crippen LogP contribution in [-0.4, -0.2) is 90.1 Å². The van der Waals surface area contributed by atoms with E-state index in [1.54, 1.807) is 0 Å². The van der Waals surface area contributed by atoms with Gasteiger partial charge in [0.05, 0.1) is 0 Å². The summed E-state index contributed by atoms with van der Waals surface area (Å²) in [6, 6.07) is 0. The number of aliphatic carboxylic acids is 1. The number of thiazole rings is 1. The normalized spacial score (nSPS) is 21.1. The molecule has 0 aromatic carbocycles. The summed E-state index contributed by atoms with van der Waals surface area (Å²) < 4.78 is 6.48. The molecule has 0 radical (unpaired) electrons. The Bertz CT molecular complexity index is 1500. The van der Waals surface area contributed by atoms with Gasteiger partial charge in [0.15, 0.2) is 16.0 Å².